The van der Waals surface area contributed by atoms with Crippen molar-refractivity contribution in [3.05, 3.63) is 59.9 Å². The highest BCUT2D eigenvalue weighted by molar-refractivity contribution is 7.84. The molecule has 0 spiro atoms. The lowest BCUT2D eigenvalue weighted by Gasteiger charge is -2.11. The van der Waals surface area contributed by atoms with Crippen molar-refractivity contribution in [2.75, 3.05) is 19.0 Å². The van der Waals surface area contributed by atoms with E-state index in [1.165, 1.54) is 4.57 Å². The maximum Gasteiger partial charge on any atom is 0.236 e. The molecule has 0 amide bonds. The number of hydrogen-bond acceptors (Lipinski definition) is 4. The zero-order valence-electron chi connectivity index (χ0n) is 12.5. The molecule has 1 aromatic heterocycles. The van der Waals surface area contributed by atoms with Crippen molar-refractivity contribution in [1.29, 1.82) is 0 Å². The fourth-order valence-electron chi connectivity index (χ4n) is 1.92. The fourth-order valence-corrected chi connectivity index (χ4v) is 2.46. The molecule has 0 atom stereocenters. The van der Waals surface area contributed by atoms with Gasteiger partial charge in [0.2, 0.25) is 5.88 Å². The van der Waals surface area contributed by atoms with E-state index in [1.54, 1.807) is 24.5 Å². The Morgan fingerprint density at radius 2 is 1.50 bits per heavy atom. The minimum absolute atomic E-state index is 0.553. The Hall–Kier alpha value is -2.18. The summed E-state index contributed by atoms with van der Waals surface area (Å²) < 4.78 is 33.4. The third kappa shape index (κ3) is 4.98. The Balaban J connectivity index is 2.06. The van der Waals surface area contributed by atoms with Gasteiger partial charge in [-0.3, -0.25) is 0 Å². The van der Waals surface area contributed by atoms with Gasteiger partial charge in [-0.1, -0.05) is 24.3 Å². The van der Waals surface area contributed by atoms with Crippen molar-refractivity contribution in [2.24, 2.45) is 0 Å². The van der Waals surface area contributed by atoms with E-state index in [4.69, 9.17) is 0 Å². The second kappa shape index (κ2) is 6.72. The molecule has 5 nitrogen and oxygen atoms in total. The number of benzene rings is 1. The molecule has 22 heavy (non-hydrogen) atoms. The van der Waals surface area contributed by atoms with Crippen molar-refractivity contribution in [2.45, 2.75) is 5.88 Å². The predicted octanol–water partition coefficient (Wildman–Crippen LogP) is 1.71. The molecule has 0 aliphatic rings. The molecule has 0 radical (unpaired) electrons. The highest BCUT2D eigenvalue weighted by Gasteiger charge is 2.04. The molecule has 6 heteroatoms. The smallest absolute Gasteiger partial charge is 0.236 e. The molecule has 0 aliphatic heterocycles. The zero-order valence-corrected chi connectivity index (χ0v) is 13.3. The molecular formula is C16H18N2O3S. The van der Waals surface area contributed by atoms with E-state index in [2.05, 4.69) is 0 Å². The van der Waals surface area contributed by atoms with E-state index in [1.807, 2.05) is 55.4 Å². The zero-order chi connectivity index (χ0) is 16.2. The minimum atomic E-state index is -4.27. The van der Waals surface area contributed by atoms with Crippen LogP contribution in [-0.4, -0.2) is 27.1 Å². The monoisotopic (exact) mass is 318 g/mol. The van der Waals surface area contributed by atoms with E-state index in [-0.39, 0.29) is 0 Å². The molecule has 2 aromatic rings. The summed E-state index contributed by atoms with van der Waals surface area (Å²) in [6, 6.07) is 11.7. The molecule has 2 rings (SSSR count). The summed E-state index contributed by atoms with van der Waals surface area (Å²) >= 11 is 0. The summed E-state index contributed by atoms with van der Waals surface area (Å²) in [5.41, 5.74) is 3.14. The van der Waals surface area contributed by atoms with Crippen LogP contribution in [-0.2, 0) is 16.0 Å². The van der Waals surface area contributed by atoms with Gasteiger partial charge in [-0.2, -0.15) is 4.57 Å². The molecule has 116 valence electrons. The molecular weight excluding hydrogens is 300 g/mol. The standard InChI is InChI=1S/C16H18N2O3S/c1-17(2)16-7-5-14(6-8-16)3-4-15-9-11-18(12-10-15)13-22(19,20)21/h3-12H,13H2,1-2H3. The molecule has 0 N–H and O–H groups in total. The van der Waals surface area contributed by atoms with Gasteiger partial charge >= 0.3 is 0 Å². The van der Waals surface area contributed by atoms with Gasteiger partial charge in [-0.05, 0) is 23.3 Å². The van der Waals surface area contributed by atoms with Gasteiger partial charge in [0.15, 0.2) is 22.5 Å². The number of anilines is 1. The average molecular weight is 318 g/mol. The van der Waals surface area contributed by atoms with Crippen LogP contribution in [0.5, 0.6) is 0 Å². The Bertz CT molecular complexity index is 749. The van der Waals surface area contributed by atoms with Crippen LogP contribution in [0.2, 0.25) is 0 Å². The van der Waals surface area contributed by atoms with Crippen molar-refractivity contribution >= 4 is 28.0 Å². The SMILES string of the molecule is CN(C)c1ccc(/C=C/c2cc[n+](CS(=O)(=O)[O-])cc2)cc1. The first-order valence-corrected chi connectivity index (χ1v) is 8.29. The van der Waals surface area contributed by atoms with Crippen LogP contribution in [0, 0.1) is 0 Å². The van der Waals surface area contributed by atoms with Gasteiger partial charge < -0.3 is 9.45 Å². The average Bonchev–Trinajstić information content (AvgIpc) is 2.45. The van der Waals surface area contributed by atoms with Gasteiger partial charge in [-0.15, -0.1) is 0 Å². The summed E-state index contributed by atoms with van der Waals surface area (Å²) in [5, 5.41) is 0. The number of pyridine rings is 1. The summed E-state index contributed by atoms with van der Waals surface area (Å²) in [6.45, 7) is 0. The van der Waals surface area contributed by atoms with Crippen LogP contribution in [0.4, 0.5) is 5.69 Å². The van der Waals surface area contributed by atoms with Gasteiger partial charge in [0.05, 0.1) is 0 Å². The minimum Gasteiger partial charge on any atom is -0.743 e. The van der Waals surface area contributed by atoms with E-state index >= 15 is 0 Å². The molecule has 1 aromatic carbocycles. The van der Waals surface area contributed by atoms with E-state index in [0.717, 1.165) is 16.8 Å². The van der Waals surface area contributed by atoms with Gasteiger partial charge in [-0.25, -0.2) is 8.42 Å². The first kappa shape index (κ1) is 16.2. The number of hydrogen-bond donors (Lipinski definition) is 0. The largest absolute Gasteiger partial charge is 0.743 e. The summed E-state index contributed by atoms with van der Waals surface area (Å²) in [4.78, 5) is 2.04. The van der Waals surface area contributed by atoms with Crippen LogP contribution in [0.1, 0.15) is 11.1 Å². The quantitative estimate of drug-likeness (QED) is 0.622. The van der Waals surface area contributed by atoms with Gasteiger partial charge in [0.1, 0.15) is 0 Å². The lowest BCUT2D eigenvalue weighted by atomic mass is 10.1. The maximum atomic E-state index is 10.7. The Morgan fingerprint density at radius 3 is 1.95 bits per heavy atom. The second-order valence-electron chi connectivity index (χ2n) is 5.15. The Labute approximate surface area is 130 Å². The third-order valence-electron chi connectivity index (χ3n) is 3.10. The first-order valence-electron chi connectivity index (χ1n) is 6.72. The van der Waals surface area contributed by atoms with E-state index < -0.39 is 16.0 Å². The Morgan fingerprint density at radius 1 is 1.00 bits per heavy atom. The number of aromatic nitrogens is 1. The summed E-state index contributed by atoms with van der Waals surface area (Å²) in [7, 11) is -0.281. The van der Waals surface area contributed by atoms with Crippen LogP contribution >= 0.6 is 0 Å². The van der Waals surface area contributed by atoms with E-state index in [9.17, 15) is 13.0 Å². The molecule has 1 heterocycles. The maximum absolute atomic E-state index is 10.7. The first-order chi connectivity index (χ1) is 10.3. The molecule has 0 saturated heterocycles. The van der Waals surface area contributed by atoms with Gasteiger partial charge in [0, 0.05) is 31.9 Å². The second-order valence-corrected chi connectivity index (χ2v) is 6.53. The van der Waals surface area contributed by atoms with Crippen molar-refractivity contribution in [3.63, 3.8) is 0 Å². The fraction of sp³-hybridized carbons (Fsp3) is 0.188. The van der Waals surface area contributed by atoms with Crippen LogP contribution in [0.25, 0.3) is 12.2 Å². The molecule has 0 saturated carbocycles. The van der Waals surface area contributed by atoms with Crippen molar-refractivity contribution in [1.82, 2.24) is 0 Å². The highest BCUT2D eigenvalue weighted by atomic mass is 32.2. The van der Waals surface area contributed by atoms with Crippen LogP contribution in [0.15, 0.2) is 48.8 Å². The van der Waals surface area contributed by atoms with Crippen LogP contribution in [0.3, 0.4) is 0 Å². The lowest BCUT2D eigenvalue weighted by molar-refractivity contribution is -0.678. The Kier molecular flexibility index (Phi) is 4.95. The molecule has 0 aliphatic carbocycles. The van der Waals surface area contributed by atoms with Crippen molar-refractivity contribution < 1.29 is 17.5 Å². The van der Waals surface area contributed by atoms with Crippen molar-refractivity contribution in [3.8, 4) is 0 Å². The molecule has 0 unspecified atom stereocenters. The summed E-state index contributed by atoms with van der Waals surface area (Å²) in [5.74, 6) is -0.553. The lowest BCUT2D eigenvalue weighted by Crippen LogP contribution is -2.36. The highest BCUT2D eigenvalue weighted by Crippen LogP contribution is 2.14. The predicted molar refractivity (Wildman–Crippen MR) is 86.0 cm³/mol. The van der Waals surface area contributed by atoms with Crippen LogP contribution < -0.4 is 9.47 Å². The summed E-state index contributed by atoms with van der Waals surface area (Å²) in [6.07, 6.45) is 7.05. The third-order valence-corrected chi connectivity index (χ3v) is 3.72. The number of rotatable bonds is 5. The topological polar surface area (TPSA) is 64.3 Å². The molecule has 0 fully saturated rings. The number of nitrogens with zero attached hydrogens (tertiary/aromatic N) is 2. The van der Waals surface area contributed by atoms with E-state index in [0.29, 0.717) is 0 Å². The molecule has 0 bridgehead atoms. The normalized spacial score (nSPS) is 11.8. The van der Waals surface area contributed by atoms with Gasteiger partial charge in [0.25, 0.3) is 0 Å².